The number of fused-ring (bicyclic) bond motifs is 1. The maximum Gasteiger partial charge on any atom is 0.433 e. The zero-order chi connectivity index (χ0) is 29.1. The summed E-state index contributed by atoms with van der Waals surface area (Å²) in [5.41, 5.74) is 0.319. The molecule has 2 N–H and O–H groups in total. The highest BCUT2D eigenvalue weighted by Gasteiger charge is 2.33. The Labute approximate surface area is 251 Å². The van der Waals surface area contributed by atoms with Crippen LogP contribution in [-0.2, 0) is 11.0 Å². The number of nitrogens with zero attached hydrogens (tertiary/aromatic N) is 5. The van der Waals surface area contributed by atoms with Gasteiger partial charge in [0.2, 0.25) is 11.8 Å². The summed E-state index contributed by atoms with van der Waals surface area (Å²) >= 11 is 1.31. The molecule has 1 saturated heterocycles. The number of halogens is 4. The summed E-state index contributed by atoms with van der Waals surface area (Å²) in [5.74, 6) is 0.950. The van der Waals surface area contributed by atoms with E-state index < -0.39 is 11.9 Å². The predicted molar refractivity (Wildman–Crippen MR) is 159 cm³/mol. The second-order valence-electron chi connectivity index (χ2n) is 10.3. The fourth-order valence-corrected chi connectivity index (χ4v) is 5.80. The van der Waals surface area contributed by atoms with Crippen LogP contribution < -0.4 is 15.4 Å². The molecule has 3 aromatic heterocycles. The van der Waals surface area contributed by atoms with Crippen molar-refractivity contribution in [2.75, 3.05) is 30.3 Å². The third-order valence-corrected chi connectivity index (χ3v) is 7.52. The SMILES string of the molecule is CC(=O)Nc1nc2c(Oc3cc(-c4ccc(C(F)(F)F)nc4NCC4CCCN4CC(C)C)ncn3)cccc2s1.Cl. The minimum Gasteiger partial charge on any atom is -0.437 e. The smallest absolute Gasteiger partial charge is 0.433 e. The Morgan fingerprint density at radius 2 is 2.00 bits per heavy atom. The van der Waals surface area contributed by atoms with Crippen molar-refractivity contribution >= 4 is 50.8 Å². The van der Waals surface area contributed by atoms with Gasteiger partial charge in [0.1, 0.15) is 23.4 Å². The number of para-hydroxylation sites is 1. The van der Waals surface area contributed by atoms with Gasteiger partial charge in [0, 0.05) is 37.7 Å². The van der Waals surface area contributed by atoms with E-state index in [1.165, 1.54) is 30.7 Å². The van der Waals surface area contributed by atoms with Gasteiger partial charge in [-0.25, -0.2) is 19.9 Å². The minimum atomic E-state index is -4.59. The van der Waals surface area contributed by atoms with E-state index in [9.17, 15) is 18.0 Å². The highest BCUT2D eigenvalue weighted by molar-refractivity contribution is 7.22. The van der Waals surface area contributed by atoms with E-state index in [-0.39, 0.29) is 36.1 Å². The largest absolute Gasteiger partial charge is 0.437 e. The number of likely N-dealkylation sites (tertiary alicyclic amines) is 1. The molecule has 0 aliphatic carbocycles. The van der Waals surface area contributed by atoms with Gasteiger partial charge in [-0.1, -0.05) is 31.3 Å². The number of hydrogen-bond donors (Lipinski definition) is 2. The quantitative estimate of drug-likeness (QED) is 0.209. The van der Waals surface area contributed by atoms with Gasteiger partial charge in [0.25, 0.3) is 0 Å². The summed E-state index contributed by atoms with van der Waals surface area (Å²) in [5, 5.41) is 6.29. The van der Waals surface area contributed by atoms with E-state index in [1.54, 1.807) is 18.2 Å². The van der Waals surface area contributed by atoms with E-state index in [0.717, 1.165) is 36.7 Å². The fraction of sp³-hybridized carbons (Fsp3) is 0.393. The first kappa shape index (κ1) is 31.4. The predicted octanol–water partition coefficient (Wildman–Crippen LogP) is 6.87. The molecule has 0 radical (unpaired) electrons. The number of thiazole rings is 1. The molecule has 1 unspecified atom stereocenters. The second-order valence-corrected chi connectivity index (χ2v) is 11.3. The molecule has 1 aromatic carbocycles. The van der Waals surface area contributed by atoms with Gasteiger partial charge in [-0.2, -0.15) is 13.2 Å². The van der Waals surface area contributed by atoms with Gasteiger partial charge >= 0.3 is 6.18 Å². The lowest BCUT2D eigenvalue weighted by Gasteiger charge is -2.27. The first-order valence-electron chi connectivity index (χ1n) is 13.3. The van der Waals surface area contributed by atoms with Gasteiger partial charge in [-0.3, -0.25) is 9.69 Å². The van der Waals surface area contributed by atoms with Crippen molar-refractivity contribution in [3.63, 3.8) is 0 Å². The van der Waals surface area contributed by atoms with Crippen LogP contribution in [0.3, 0.4) is 0 Å². The number of aromatic nitrogens is 4. The number of alkyl halides is 3. The lowest BCUT2D eigenvalue weighted by molar-refractivity contribution is -0.141. The molecule has 4 heterocycles. The van der Waals surface area contributed by atoms with Gasteiger partial charge in [0.15, 0.2) is 10.9 Å². The Bertz CT molecular complexity index is 1550. The molecular weight excluding hydrogens is 591 g/mol. The van der Waals surface area contributed by atoms with Crippen molar-refractivity contribution in [1.82, 2.24) is 24.8 Å². The summed E-state index contributed by atoms with van der Waals surface area (Å²) < 4.78 is 47.6. The molecule has 224 valence electrons. The van der Waals surface area contributed by atoms with Crippen LogP contribution in [0.1, 0.15) is 39.3 Å². The number of pyridine rings is 1. The van der Waals surface area contributed by atoms with Crippen LogP contribution in [0.15, 0.2) is 42.7 Å². The van der Waals surface area contributed by atoms with Crippen molar-refractivity contribution in [2.24, 2.45) is 5.92 Å². The molecule has 1 atom stereocenters. The van der Waals surface area contributed by atoms with Gasteiger partial charge < -0.3 is 15.4 Å². The molecule has 4 aromatic rings. The average molecular weight is 622 g/mol. The summed E-state index contributed by atoms with van der Waals surface area (Å²) in [4.78, 5) is 30.7. The van der Waals surface area contributed by atoms with Crippen LogP contribution in [-0.4, -0.2) is 56.4 Å². The Morgan fingerprint density at radius 3 is 2.74 bits per heavy atom. The lowest BCUT2D eigenvalue weighted by Crippen LogP contribution is -2.37. The number of amides is 1. The van der Waals surface area contributed by atoms with E-state index in [4.69, 9.17) is 4.74 Å². The second kappa shape index (κ2) is 13.2. The van der Waals surface area contributed by atoms with Gasteiger partial charge in [-0.05, 0) is 49.6 Å². The summed E-state index contributed by atoms with van der Waals surface area (Å²) in [6, 6.07) is 9.44. The Hall–Kier alpha value is -3.55. The zero-order valence-corrected chi connectivity index (χ0v) is 24.9. The highest BCUT2D eigenvalue weighted by atomic mass is 35.5. The van der Waals surface area contributed by atoms with Crippen molar-refractivity contribution in [1.29, 1.82) is 0 Å². The number of hydrogen-bond acceptors (Lipinski definition) is 9. The molecule has 0 bridgehead atoms. The molecule has 42 heavy (non-hydrogen) atoms. The van der Waals surface area contributed by atoms with Crippen LogP contribution in [0.5, 0.6) is 11.6 Å². The Morgan fingerprint density at radius 1 is 1.19 bits per heavy atom. The first-order valence-corrected chi connectivity index (χ1v) is 14.1. The number of benzene rings is 1. The van der Waals surface area contributed by atoms with Crippen molar-refractivity contribution in [3.8, 4) is 22.9 Å². The van der Waals surface area contributed by atoms with Crippen LogP contribution in [0, 0.1) is 5.92 Å². The van der Waals surface area contributed by atoms with Crippen molar-refractivity contribution in [3.05, 3.63) is 48.4 Å². The van der Waals surface area contributed by atoms with E-state index in [2.05, 4.69) is 49.3 Å². The molecule has 14 heteroatoms. The molecule has 1 fully saturated rings. The molecule has 1 aliphatic rings. The number of carbonyl (C=O) groups excluding carboxylic acids is 1. The monoisotopic (exact) mass is 621 g/mol. The maximum atomic E-state index is 13.6. The van der Waals surface area contributed by atoms with Gasteiger partial charge in [-0.15, -0.1) is 12.4 Å². The minimum absolute atomic E-state index is 0. The first-order chi connectivity index (χ1) is 19.6. The molecule has 9 nitrogen and oxygen atoms in total. The summed E-state index contributed by atoms with van der Waals surface area (Å²) in [6.45, 7) is 8.07. The van der Waals surface area contributed by atoms with Crippen LogP contribution in [0.2, 0.25) is 0 Å². The number of ether oxygens (including phenoxy) is 1. The molecule has 0 spiro atoms. The average Bonchev–Trinajstić information content (AvgIpc) is 3.52. The van der Waals surface area contributed by atoms with Crippen molar-refractivity contribution < 1.29 is 22.7 Å². The van der Waals surface area contributed by atoms with E-state index in [1.807, 2.05) is 6.07 Å². The molecule has 0 saturated carbocycles. The summed E-state index contributed by atoms with van der Waals surface area (Å²) in [7, 11) is 0. The molecular formula is C28H31ClF3N7O2S. The number of nitrogens with one attached hydrogen (secondary N) is 2. The third-order valence-electron chi connectivity index (χ3n) is 6.59. The Kier molecular flexibility index (Phi) is 9.85. The topological polar surface area (TPSA) is 105 Å². The van der Waals surface area contributed by atoms with E-state index >= 15 is 0 Å². The lowest BCUT2D eigenvalue weighted by atomic mass is 10.1. The Balaban J connectivity index is 0.00000405. The van der Waals surface area contributed by atoms with Crippen molar-refractivity contribution in [2.45, 2.75) is 45.8 Å². The summed E-state index contributed by atoms with van der Waals surface area (Å²) in [6.07, 6.45) is -1.29. The number of anilines is 2. The van der Waals surface area contributed by atoms with Gasteiger partial charge in [0.05, 0.1) is 10.4 Å². The van der Waals surface area contributed by atoms with Crippen LogP contribution in [0.4, 0.5) is 24.1 Å². The van der Waals surface area contributed by atoms with Crippen LogP contribution in [0.25, 0.3) is 21.5 Å². The molecule has 1 amide bonds. The standard InChI is InChI=1S/C28H30F3N7O2S.ClH/c1-16(2)14-38-11-5-6-18(38)13-32-26-19(9-10-23(36-26)28(29,30)31)20-12-24(34-15-33-20)40-21-7-4-8-22-25(21)37-27(41-22)35-17(3)39;/h4,7-10,12,15-16,18H,5-6,11,13-14H2,1-3H3,(H,32,36)(H,35,37,39);1H. The number of rotatable bonds is 9. The third kappa shape index (κ3) is 7.44. The van der Waals surface area contributed by atoms with Crippen LogP contribution >= 0.6 is 23.7 Å². The zero-order valence-electron chi connectivity index (χ0n) is 23.2. The highest BCUT2D eigenvalue weighted by Crippen LogP contribution is 2.36. The molecule has 5 rings (SSSR count). The molecule has 1 aliphatic heterocycles. The fourth-order valence-electron chi connectivity index (χ4n) is 4.87. The number of carbonyl (C=O) groups is 1. The maximum absolute atomic E-state index is 13.6. The van der Waals surface area contributed by atoms with E-state index in [0.29, 0.717) is 40.1 Å². The normalized spacial score (nSPS) is 15.5.